The summed E-state index contributed by atoms with van der Waals surface area (Å²) in [4.78, 5) is 21.1. The zero-order valence-corrected chi connectivity index (χ0v) is 11.7. The number of carboxylic acids is 1. The molecule has 0 saturated carbocycles. The van der Waals surface area contributed by atoms with E-state index >= 15 is 0 Å². The van der Waals surface area contributed by atoms with E-state index in [0.717, 1.165) is 12.8 Å². The summed E-state index contributed by atoms with van der Waals surface area (Å²) in [5, 5.41) is 19.8. The lowest BCUT2D eigenvalue weighted by molar-refractivity contribution is -0.385. The molecule has 112 valence electrons. The highest BCUT2D eigenvalue weighted by atomic mass is 16.6. The Bertz CT molecular complexity index is 581. The molecular formula is C15H17NO5. The van der Waals surface area contributed by atoms with Crippen LogP contribution in [-0.4, -0.2) is 22.6 Å². The van der Waals surface area contributed by atoms with Gasteiger partial charge in [0.25, 0.3) is 5.69 Å². The van der Waals surface area contributed by atoms with E-state index < -0.39 is 16.6 Å². The van der Waals surface area contributed by atoms with Crippen LogP contribution in [0.15, 0.2) is 30.4 Å². The number of hydrogen-bond acceptors (Lipinski definition) is 4. The maximum absolute atomic E-state index is 10.9. The van der Waals surface area contributed by atoms with Gasteiger partial charge in [0.15, 0.2) is 0 Å². The second kappa shape index (κ2) is 6.39. The Hall–Kier alpha value is -2.37. The van der Waals surface area contributed by atoms with Gasteiger partial charge in [-0.15, -0.1) is 0 Å². The number of allylic oxidation sites excluding steroid dienone is 2. The van der Waals surface area contributed by atoms with Crippen molar-refractivity contribution in [2.75, 3.05) is 6.61 Å². The molecule has 2 atom stereocenters. The summed E-state index contributed by atoms with van der Waals surface area (Å²) in [7, 11) is 0. The van der Waals surface area contributed by atoms with Crippen molar-refractivity contribution in [2.45, 2.75) is 19.8 Å². The quantitative estimate of drug-likeness (QED) is 0.511. The third-order valence-electron chi connectivity index (χ3n) is 3.78. The smallest absolute Gasteiger partial charge is 0.342 e. The molecule has 0 spiro atoms. The van der Waals surface area contributed by atoms with E-state index in [4.69, 9.17) is 9.84 Å². The first-order valence-electron chi connectivity index (χ1n) is 6.78. The number of nitro groups is 1. The summed E-state index contributed by atoms with van der Waals surface area (Å²) in [6.45, 7) is 2.61. The lowest BCUT2D eigenvalue weighted by Crippen LogP contribution is -2.21. The Morgan fingerprint density at radius 1 is 1.43 bits per heavy atom. The van der Waals surface area contributed by atoms with E-state index in [-0.39, 0.29) is 5.56 Å². The molecule has 0 aromatic heterocycles. The fraction of sp³-hybridized carbons (Fsp3) is 0.400. The van der Waals surface area contributed by atoms with Crippen molar-refractivity contribution in [3.05, 3.63) is 46.0 Å². The van der Waals surface area contributed by atoms with Crippen LogP contribution < -0.4 is 4.74 Å². The van der Waals surface area contributed by atoms with Crippen LogP contribution in [0.5, 0.6) is 5.75 Å². The van der Waals surface area contributed by atoms with E-state index in [1.807, 2.05) is 0 Å². The van der Waals surface area contributed by atoms with Crippen molar-refractivity contribution in [3.8, 4) is 5.75 Å². The average Bonchev–Trinajstić information content (AvgIpc) is 2.46. The number of benzene rings is 1. The van der Waals surface area contributed by atoms with Gasteiger partial charge >= 0.3 is 5.97 Å². The van der Waals surface area contributed by atoms with Gasteiger partial charge < -0.3 is 9.84 Å². The Kier molecular flexibility index (Phi) is 4.57. The standard InChI is InChI=1S/C15H17NO5/c1-10-4-2-3-5-11(10)9-21-12-6-7-13(15(17)18)14(8-12)16(19)20/h2-3,6-8,10-11H,4-5,9H2,1H3,(H,17,18). The summed E-state index contributed by atoms with van der Waals surface area (Å²) >= 11 is 0. The van der Waals surface area contributed by atoms with Gasteiger partial charge in [-0.2, -0.15) is 0 Å². The zero-order chi connectivity index (χ0) is 15.4. The molecular weight excluding hydrogens is 274 g/mol. The van der Waals surface area contributed by atoms with Crippen LogP contribution in [0.1, 0.15) is 30.1 Å². The number of carboxylic acid groups (broad SMARTS) is 1. The monoisotopic (exact) mass is 291 g/mol. The van der Waals surface area contributed by atoms with Gasteiger partial charge in [0.2, 0.25) is 0 Å². The molecule has 1 N–H and O–H groups in total. The second-order valence-corrected chi connectivity index (χ2v) is 5.23. The molecule has 0 amide bonds. The number of carbonyl (C=O) groups is 1. The van der Waals surface area contributed by atoms with Gasteiger partial charge in [0, 0.05) is 0 Å². The predicted octanol–water partition coefficient (Wildman–Crippen LogP) is 3.27. The summed E-state index contributed by atoms with van der Waals surface area (Å²) in [6, 6.07) is 3.84. The Labute approximate surface area is 122 Å². The van der Waals surface area contributed by atoms with Crippen LogP contribution in [-0.2, 0) is 0 Å². The van der Waals surface area contributed by atoms with E-state index in [0.29, 0.717) is 24.2 Å². The Morgan fingerprint density at radius 2 is 2.14 bits per heavy atom. The third kappa shape index (κ3) is 3.59. The first-order valence-corrected chi connectivity index (χ1v) is 6.78. The minimum absolute atomic E-state index is 0.327. The predicted molar refractivity (Wildman–Crippen MR) is 76.6 cm³/mol. The first-order chi connectivity index (χ1) is 9.99. The van der Waals surface area contributed by atoms with Gasteiger partial charge in [-0.05, 0) is 36.8 Å². The highest BCUT2D eigenvalue weighted by molar-refractivity contribution is 5.92. The molecule has 0 heterocycles. The second-order valence-electron chi connectivity index (χ2n) is 5.23. The Morgan fingerprint density at radius 3 is 2.76 bits per heavy atom. The minimum Gasteiger partial charge on any atom is -0.493 e. The molecule has 0 bridgehead atoms. The van der Waals surface area contributed by atoms with Crippen molar-refractivity contribution in [1.82, 2.24) is 0 Å². The summed E-state index contributed by atoms with van der Waals surface area (Å²) in [5.41, 5.74) is -0.780. The fourth-order valence-corrected chi connectivity index (χ4v) is 2.38. The van der Waals surface area contributed by atoms with E-state index in [2.05, 4.69) is 19.1 Å². The van der Waals surface area contributed by atoms with Crippen molar-refractivity contribution >= 4 is 11.7 Å². The first kappa shape index (κ1) is 15.0. The van der Waals surface area contributed by atoms with Gasteiger partial charge in [-0.3, -0.25) is 10.1 Å². The largest absolute Gasteiger partial charge is 0.493 e. The lowest BCUT2D eigenvalue weighted by Gasteiger charge is -2.25. The van der Waals surface area contributed by atoms with Crippen LogP contribution in [0, 0.1) is 22.0 Å². The summed E-state index contributed by atoms with van der Waals surface area (Å²) in [6.07, 6.45) is 6.19. The fourth-order valence-electron chi connectivity index (χ4n) is 2.38. The third-order valence-corrected chi connectivity index (χ3v) is 3.78. The molecule has 6 heteroatoms. The number of hydrogen-bond donors (Lipinski definition) is 1. The number of nitrogens with zero attached hydrogens (tertiary/aromatic N) is 1. The van der Waals surface area contributed by atoms with Crippen molar-refractivity contribution < 1.29 is 19.6 Å². The van der Waals surface area contributed by atoms with Crippen molar-refractivity contribution in [1.29, 1.82) is 0 Å². The molecule has 21 heavy (non-hydrogen) atoms. The molecule has 0 saturated heterocycles. The number of aromatic carboxylic acids is 1. The molecule has 1 aliphatic carbocycles. The number of nitro benzene ring substituents is 1. The number of ether oxygens (including phenoxy) is 1. The molecule has 2 rings (SSSR count). The molecule has 0 fully saturated rings. The maximum atomic E-state index is 10.9. The molecule has 0 radical (unpaired) electrons. The van der Waals surface area contributed by atoms with Crippen molar-refractivity contribution in [3.63, 3.8) is 0 Å². The summed E-state index contributed by atoms with van der Waals surface area (Å²) in [5.74, 6) is -0.121. The van der Waals surface area contributed by atoms with Crippen LogP contribution in [0.3, 0.4) is 0 Å². The lowest BCUT2D eigenvalue weighted by atomic mass is 9.85. The van der Waals surface area contributed by atoms with Crippen LogP contribution >= 0.6 is 0 Å². The van der Waals surface area contributed by atoms with Gasteiger partial charge in [0.05, 0.1) is 17.6 Å². The van der Waals surface area contributed by atoms with E-state index in [9.17, 15) is 14.9 Å². The maximum Gasteiger partial charge on any atom is 0.342 e. The van der Waals surface area contributed by atoms with Crippen LogP contribution in [0.4, 0.5) is 5.69 Å². The molecule has 1 aromatic carbocycles. The molecule has 1 aliphatic rings. The minimum atomic E-state index is -1.32. The van der Waals surface area contributed by atoms with Gasteiger partial charge in [-0.25, -0.2) is 4.79 Å². The normalized spacial score (nSPS) is 21.0. The van der Waals surface area contributed by atoms with Crippen LogP contribution in [0.25, 0.3) is 0 Å². The molecule has 2 unspecified atom stereocenters. The SMILES string of the molecule is CC1CC=CCC1COc1ccc(C(=O)O)c([N+](=O)[O-])c1. The molecule has 0 aliphatic heterocycles. The van der Waals surface area contributed by atoms with E-state index in [1.54, 1.807) is 0 Å². The topological polar surface area (TPSA) is 89.7 Å². The highest BCUT2D eigenvalue weighted by Gasteiger charge is 2.22. The molecule has 6 nitrogen and oxygen atoms in total. The highest BCUT2D eigenvalue weighted by Crippen LogP contribution is 2.28. The van der Waals surface area contributed by atoms with Gasteiger partial charge in [0.1, 0.15) is 11.3 Å². The van der Waals surface area contributed by atoms with Crippen molar-refractivity contribution in [2.24, 2.45) is 11.8 Å². The van der Waals surface area contributed by atoms with Crippen LogP contribution in [0.2, 0.25) is 0 Å². The summed E-state index contributed by atoms with van der Waals surface area (Å²) < 4.78 is 5.61. The molecule has 1 aromatic rings. The number of rotatable bonds is 5. The average molecular weight is 291 g/mol. The zero-order valence-electron chi connectivity index (χ0n) is 11.7. The Balaban J connectivity index is 2.10. The van der Waals surface area contributed by atoms with E-state index in [1.165, 1.54) is 18.2 Å². The van der Waals surface area contributed by atoms with Gasteiger partial charge in [-0.1, -0.05) is 19.1 Å².